The molecular weight excluding hydrogens is 185 g/mol. The van der Waals surface area contributed by atoms with Crippen molar-refractivity contribution in [3.8, 4) is 0 Å². The Morgan fingerprint density at radius 1 is 1.00 bits per heavy atom. The molecule has 1 fully saturated rings. The van der Waals surface area contributed by atoms with Crippen LogP contribution in [0.4, 0.5) is 17.3 Å². The van der Waals surface area contributed by atoms with E-state index in [2.05, 4.69) is 6.92 Å². The largest absolute Gasteiger partial charge is 0.673 e. The molecule has 0 bridgehead atoms. The van der Waals surface area contributed by atoms with Crippen LogP contribution >= 0.6 is 0 Å². The van der Waals surface area contributed by atoms with Crippen LogP contribution in [0.5, 0.6) is 0 Å². The molecule has 1 aliphatic rings. The number of nitrogens with one attached hydrogen (secondary N) is 1. The zero-order chi connectivity index (χ0) is 10.3. The lowest BCUT2D eigenvalue weighted by Crippen LogP contribution is -3.12. The minimum Gasteiger partial charge on any atom is -0.418 e. The summed E-state index contributed by atoms with van der Waals surface area (Å²) < 4.78 is 39.0. The highest BCUT2D eigenvalue weighted by atomic mass is 19.5. The molecule has 0 amide bonds. The Morgan fingerprint density at radius 2 is 1.38 bits per heavy atom. The van der Waals surface area contributed by atoms with Gasteiger partial charge in [0.2, 0.25) is 0 Å². The Bertz CT molecular complexity index is 116. The van der Waals surface area contributed by atoms with Crippen LogP contribution in [0.2, 0.25) is 0 Å². The zero-order valence-corrected chi connectivity index (χ0v) is 7.83. The van der Waals surface area contributed by atoms with Gasteiger partial charge >= 0.3 is 7.25 Å². The lowest BCUT2D eigenvalue weighted by molar-refractivity contribution is -0.903. The number of halogens is 4. The standard InChI is InChI=1S/C7H15N.BF4/c1-2-8-6-4-3-5-7-8;2-1(3,4)5/h2-7H2,1H3;/q;-1/p+1. The molecular formula is C7H16BF4N. The van der Waals surface area contributed by atoms with Gasteiger partial charge in [0, 0.05) is 0 Å². The van der Waals surface area contributed by atoms with E-state index in [4.69, 9.17) is 0 Å². The molecule has 0 aliphatic carbocycles. The third kappa shape index (κ3) is 11.7. The monoisotopic (exact) mass is 201 g/mol. The van der Waals surface area contributed by atoms with E-state index in [1.807, 2.05) is 0 Å². The van der Waals surface area contributed by atoms with E-state index in [1.54, 1.807) is 4.90 Å². The Morgan fingerprint density at radius 3 is 1.62 bits per heavy atom. The van der Waals surface area contributed by atoms with Gasteiger partial charge in [-0.3, -0.25) is 0 Å². The van der Waals surface area contributed by atoms with Crippen LogP contribution in [0.15, 0.2) is 0 Å². The third-order valence-electron chi connectivity index (χ3n) is 2.06. The first-order valence-electron chi connectivity index (χ1n) is 4.64. The summed E-state index contributed by atoms with van der Waals surface area (Å²) in [6, 6.07) is 0. The van der Waals surface area contributed by atoms with Crippen LogP contribution in [-0.2, 0) is 0 Å². The van der Waals surface area contributed by atoms with Gasteiger partial charge in [0.1, 0.15) is 0 Å². The van der Waals surface area contributed by atoms with Crippen molar-refractivity contribution >= 4 is 7.25 Å². The predicted molar refractivity (Wildman–Crippen MR) is 45.3 cm³/mol. The molecule has 0 atom stereocenters. The molecule has 0 aromatic carbocycles. The van der Waals surface area contributed by atoms with Crippen molar-refractivity contribution in [3.63, 3.8) is 0 Å². The summed E-state index contributed by atoms with van der Waals surface area (Å²) in [6.07, 6.45) is 4.40. The van der Waals surface area contributed by atoms with Gasteiger partial charge in [-0.2, -0.15) is 0 Å². The molecule has 1 aliphatic heterocycles. The number of likely N-dealkylation sites (tertiary alicyclic amines) is 1. The molecule has 1 nitrogen and oxygen atoms in total. The Kier molecular flexibility index (Phi) is 6.11. The lowest BCUT2D eigenvalue weighted by Gasteiger charge is -2.21. The SMILES string of the molecule is CC[NH+]1CCCCC1.F[B-](F)(F)F. The highest BCUT2D eigenvalue weighted by Crippen LogP contribution is 2.06. The summed E-state index contributed by atoms with van der Waals surface area (Å²) >= 11 is 0. The molecule has 1 heterocycles. The van der Waals surface area contributed by atoms with Crippen LogP contribution in [0.3, 0.4) is 0 Å². The van der Waals surface area contributed by atoms with Crippen molar-refractivity contribution in [3.05, 3.63) is 0 Å². The van der Waals surface area contributed by atoms with Crippen molar-refractivity contribution < 1.29 is 22.2 Å². The van der Waals surface area contributed by atoms with Gasteiger partial charge in [0.05, 0.1) is 19.6 Å². The number of rotatable bonds is 1. The molecule has 0 aromatic heterocycles. The molecule has 13 heavy (non-hydrogen) atoms. The fraction of sp³-hybridized carbons (Fsp3) is 1.00. The third-order valence-corrected chi connectivity index (χ3v) is 2.06. The Hall–Kier alpha value is -0.255. The topological polar surface area (TPSA) is 4.44 Å². The first-order valence-corrected chi connectivity index (χ1v) is 4.64. The van der Waals surface area contributed by atoms with Gasteiger partial charge in [-0.15, -0.1) is 0 Å². The summed E-state index contributed by atoms with van der Waals surface area (Å²) in [5.41, 5.74) is 0. The normalized spacial score (nSPS) is 19.2. The molecule has 1 N–H and O–H groups in total. The molecule has 0 aromatic rings. The van der Waals surface area contributed by atoms with Crippen molar-refractivity contribution in [2.75, 3.05) is 19.6 Å². The summed E-state index contributed by atoms with van der Waals surface area (Å²) in [6.45, 7) is 6.47. The summed E-state index contributed by atoms with van der Waals surface area (Å²) in [7, 11) is -6.00. The van der Waals surface area contributed by atoms with Crippen LogP contribution in [0.1, 0.15) is 26.2 Å². The maximum Gasteiger partial charge on any atom is 0.673 e. The summed E-state index contributed by atoms with van der Waals surface area (Å²) in [5.74, 6) is 0. The second-order valence-electron chi connectivity index (χ2n) is 3.16. The Labute approximate surface area is 76.2 Å². The van der Waals surface area contributed by atoms with E-state index < -0.39 is 7.25 Å². The van der Waals surface area contributed by atoms with Gasteiger partial charge < -0.3 is 22.2 Å². The van der Waals surface area contributed by atoms with E-state index in [0.717, 1.165) is 0 Å². The van der Waals surface area contributed by atoms with E-state index in [9.17, 15) is 17.3 Å². The molecule has 0 spiro atoms. The first kappa shape index (κ1) is 12.7. The minimum absolute atomic E-state index is 1.33. The average Bonchev–Trinajstić information content (AvgIpc) is 2.03. The number of hydrogen-bond acceptors (Lipinski definition) is 0. The van der Waals surface area contributed by atoms with E-state index in [-0.39, 0.29) is 0 Å². The van der Waals surface area contributed by atoms with E-state index >= 15 is 0 Å². The van der Waals surface area contributed by atoms with Crippen LogP contribution < -0.4 is 4.90 Å². The van der Waals surface area contributed by atoms with Gasteiger partial charge in [0.15, 0.2) is 0 Å². The molecule has 0 unspecified atom stereocenters. The van der Waals surface area contributed by atoms with Crippen molar-refractivity contribution in [2.24, 2.45) is 0 Å². The second kappa shape index (κ2) is 6.24. The fourth-order valence-electron chi connectivity index (χ4n) is 1.41. The van der Waals surface area contributed by atoms with Crippen molar-refractivity contribution in [1.82, 2.24) is 0 Å². The van der Waals surface area contributed by atoms with E-state index in [0.29, 0.717) is 0 Å². The maximum atomic E-state index is 9.75. The highest BCUT2D eigenvalue weighted by molar-refractivity contribution is 6.50. The van der Waals surface area contributed by atoms with Gasteiger partial charge in [-0.25, -0.2) is 0 Å². The summed E-state index contributed by atoms with van der Waals surface area (Å²) in [5, 5.41) is 0. The molecule has 1 saturated heterocycles. The van der Waals surface area contributed by atoms with Gasteiger partial charge in [-0.05, 0) is 26.2 Å². The number of piperidine rings is 1. The maximum absolute atomic E-state index is 9.75. The van der Waals surface area contributed by atoms with Crippen LogP contribution in [0, 0.1) is 0 Å². The molecule has 0 saturated carbocycles. The van der Waals surface area contributed by atoms with Crippen molar-refractivity contribution in [1.29, 1.82) is 0 Å². The van der Waals surface area contributed by atoms with Crippen LogP contribution in [0.25, 0.3) is 0 Å². The van der Waals surface area contributed by atoms with Gasteiger partial charge in [0.25, 0.3) is 0 Å². The second-order valence-corrected chi connectivity index (χ2v) is 3.16. The number of hydrogen-bond donors (Lipinski definition) is 1. The van der Waals surface area contributed by atoms with E-state index in [1.165, 1.54) is 38.9 Å². The van der Waals surface area contributed by atoms with Crippen molar-refractivity contribution in [2.45, 2.75) is 26.2 Å². The summed E-state index contributed by atoms with van der Waals surface area (Å²) in [4.78, 5) is 1.80. The predicted octanol–water partition coefficient (Wildman–Crippen LogP) is 1.38. The minimum atomic E-state index is -6.00. The number of quaternary nitrogens is 1. The molecule has 0 radical (unpaired) electrons. The first-order chi connectivity index (χ1) is 5.93. The zero-order valence-electron chi connectivity index (χ0n) is 7.83. The highest BCUT2D eigenvalue weighted by Gasteiger charge is 2.20. The fourth-order valence-corrected chi connectivity index (χ4v) is 1.41. The van der Waals surface area contributed by atoms with Gasteiger partial charge in [-0.1, -0.05) is 0 Å². The average molecular weight is 201 g/mol. The molecule has 1 rings (SSSR count). The quantitative estimate of drug-likeness (QED) is 0.482. The molecule has 6 heteroatoms. The Balaban J connectivity index is 0.000000252. The molecule has 80 valence electrons. The lowest BCUT2D eigenvalue weighted by atomic mass is 10.1. The smallest absolute Gasteiger partial charge is 0.418 e. The van der Waals surface area contributed by atoms with Crippen LogP contribution in [-0.4, -0.2) is 26.9 Å².